The van der Waals surface area contributed by atoms with Gasteiger partial charge in [-0.1, -0.05) is 30.7 Å². The summed E-state index contributed by atoms with van der Waals surface area (Å²) in [4.78, 5) is 27.4. The van der Waals surface area contributed by atoms with E-state index in [2.05, 4.69) is 25.2 Å². The van der Waals surface area contributed by atoms with Crippen LogP contribution in [0.4, 0.5) is 19.1 Å². The number of aromatic nitrogens is 4. The first-order valence-electron chi connectivity index (χ1n) is 12.5. The summed E-state index contributed by atoms with van der Waals surface area (Å²) in [6.45, 7) is 2.94. The third-order valence-electron chi connectivity index (χ3n) is 6.88. The molecule has 5 aromatic rings. The van der Waals surface area contributed by atoms with Gasteiger partial charge in [-0.2, -0.15) is 13.2 Å². The number of hydrogen-bond donors (Lipinski definition) is 2. The number of H-pyrrole nitrogens is 1. The van der Waals surface area contributed by atoms with Crippen LogP contribution in [0.2, 0.25) is 0 Å². The molecule has 0 aliphatic carbocycles. The minimum atomic E-state index is -4.42. The molecule has 1 aliphatic heterocycles. The van der Waals surface area contributed by atoms with E-state index in [1.165, 1.54) is 25.3 Å². The number of rotatable bonds is 5. The van der Waals surface area contributed by atoms with Crippen LogP contribution in [-0.2, 0) is 12.7 Å². The maximum Gasteiger partial charge on any atom is 0.416 e. The smallest absolute Gasteiger partial charge is 0.324 e. The summed E-state index contributed by atoms with van der Waals surface area (Å²) in [7, 11) is 0. The Kier molecular flexibility index (Phi) is 6.11. The van der Waals surface area contributed by atoms with Crippen LogP contribution >= 0.6 is 0 Å². The number of halogens is 3. The van der Waals surface area contributed by atoms with E-state index in [4.69, 9.17) is 0 Å². The second-order valence-electron chi connectivity index (χ2n) is 9.56. The zero-order valence-electron chi connectivity index (χ0n) is 20.4. The van der Waals surface area contributed by atoms with E-state index >= 15 is 0 Å². The number of nitrogens with one attached hydrogen (secondary N) is 2. The first kappa shape index (κ1) is 24.2. The second kappa shape index (κ2) is 9.60. The van der Waals surface area contributed by atoms with E-state index in [1.807, 2.05) is 22.6 Å². The molecule has 2 N–H and O–H groups in total. The van der Waals surface area contributed by atoms with Crippen LogP contribution in [0.3, 0.4) is 0 Å². The number of imidazole rings is 2. The molecule has 2 aromatic carbocycles. The Morgan fingerprint density at radius 3 is 2.55 bits per heavy atom. The van der Waals surface area contributed by atoms with Crippen LogP contribution in [-0.4, -0.2) is 43.2 Å². The molecule has 6 rings (SSSR count). The number of alkyl halides is 3. The molecule has 0 spiro atoms. The van der Waals surface area contributed by atoms with Gasteiger partial charge >= 0.3 is 6.18 Å². The minimum Gasteiger partial charge on any atom is -0.324 e. The summed E-state index contributed by atoms with van der Waals surface area (Å²) < 4.78 is 41.3. The molecule has 0 radical (unpaired) electrons. The molecule has 0 bridgehead atoms. The number of amides is 1. The van der Waals surface area contributed by atoms with Crippen molar-refractivity contribution < 1.29 is 18.0 Å². The number of carbonyl (C=O) groups is 1. The van der Waals surface area contributed by atoms with Gasteiger partial charge in [-0.15, -0.1) is 0 Å². The third kappa shape index (κ3) is 4.87. The molecule has 1 amide bonds. The molecule has 10 heteroatoms. The van der Waals surface area contributed by atoms with Crippen LogP contribution in [0.5, 0.6) is 0 Å². The number of anilines is 1. The molecule has 4 heterocycles. The van der Waals surface area contributed by atoms with Crippen molar-refractivity contribution in [3.8, 4) is 11.1 Å². The van der Waals surface area contributed by atoms with Crippen LogP contribution in [0, 0.1) is 0 Å². The summed E-state index contributed by atoms with van der Waals surface area (Å²) in [6, 6.07) is 16.1. The summed E-state index contributed by atoms with van der Waals surface area (Å²) in [6.07, 6.45) is 0.984. The number of likely N-dealkylation sites (tertiary alicyclic amines) is 1. The van der Waals surface area contributed by atoms with E-state index in [0.29, 0.717) is 27.8 Å². The third-order valence-corrected chi connectivity index (χ3v) is 6.88. The van der Waals surface area contributed by atoms with E-state index in [9.17, 15) is 18.0 Å². The van der Waals surface area contributed by atoms with Crippen molar-refractivity contribution in [2.24, 2.45) is 0 Å². The number of carbonyl (C=O) groups excluding carboxylic acids is 1. The van der Waals surface area contributed by atoms with Gasteiger partial charge in [0.05, 0.1) is 16.6 Å². The van der Waals surface area contributed by atoms with E-state index in [-0.39, 0.29) is 11.6 Å². The predicted octanol–water partition coefficient (Wildman–Crippen LogP) is 6.13. The number of benzene rings is 2. The average Bonchev–Trinajstić information content (AvgIpc) is 3.53. The monoisotopic (exact) mass is 518 g/mol. The highest BCUT2D eigenvalue weighted by molar-refractivity contribution is 6.03. The quantitative estimate of drug-likeness (QED) is 0.293. The SMILES string of the molecule is O=C(Nc1nc2cc(-c3cccc(C(F)(F)F)c3)ccc2[nH]1)c1cn2c(CN3CCCCC3)cccc2n1. The highest BCUT2D eigenvalue weighted by atomic mass is 19.4. The molecule has 0 atom stereocenters. The fourth-order valence-corrected chi connectivity index (χ4v) is 4.94. The molecular weight excluding hydrogens is 493 g/mol. The standard InChI is InChI=1S/C28H25F3N6O/c29-28(30,31)20-7-4-6-18(14-20)19-10-11-22-23(15-19)34-27(33-22)35-26(38)24-17-37-21(8-5-9-25(37)32-24)16-36-12-2-1-3-13-36/h4-11,14-15,17H,1-3,12-13,16H2,(H2,33,34,35,38). The molecular formula is C28H25F3N6O. The maximum absolute atomic E-state index is 13.1. The van der Waals surface area contributed by atoms with Gasteiger partial charge in [-0.25, -0.2) is 9.97 Å². The summed E-state index contributed by atoms with van der Waals surface area (Å²) in [5, 5.41) is 2.76. The Hall–Kier alpha value is -4.18. The van der Waals surface area contributed by atoms with Crippen molar-refractivity contribution in [2.75, 3.05) is 18.4 Å². The van der Waals surface area contributed by atoms with Gasteiger partial charge in [-0.05, 0) is 73.5 Å². The van der Waals surface area contributed by atoms with Crippen molar-refractivity contribution in [1.82, 2.24) is 24.3 Å². The first-order chi connectivity index (χ1) is 18.3. The summed E-state index contributed by atoms with van der Waals surface area (Å²) >= 11 is 0. The molecule has 0 unspecified atom stereocenters. The largest absolute Gasteiger partial charge is 0.416 e. The highest BCUT2D eigenvalue weighted by Crippen LogP contribution is 2.33. The van der Waals surface area contributed by atoms with Crippen molar-refractivity contribution >= 4 is 28.5 Å². The van der Waals surface area contributed by atoms with Gasteiger partial charge in [0.15, 0.2) is 0 Å². The van der Waals surface area contributed by atoms with Gasteiger partial charge in [-0.3, -0.25) is 15.0 Å². The van der Waals surface area contributed by atoms with Crippen LogP contribution in [0.25, 0.3) is 27.8 Å². The number of piperidine rings is 1. The first-order valence-corrected chi connectivity index (χ1v) is 12.5. The zero-order chi connectivity index (χ0) is 26.3. The molecule has 1 aliphatic rings. The lowest BCUT2D eigenvalue weighted by atomic mass is 10.0. The number of fused-ring (bicyclic) bond motifs is 2. The molecule has 38 heavy (non-hydrogen) atoms. The Balaban J connectivity index is 1.22. The minimum absolute atomic E-state index is 0.233. The lowest BCUT2D eigenvalue weighted by molar-refractivity contribution is -0.137. The molecule has 3 aromatic heterocycles. The summed E-state index contributed by atoms with van der Waals surface area (Å²) in [5.74, 6) is -0.174. The van der Waals surface area contributed by atoms with Gasteiger partial charge in [0.1, 0.15) is 11.3 Å². The van der Waals surface area contributed by atoms with Crippen LogP contribution < -0.4 is 5.32 Å². The van der Waals surface area contributed by atoms with E-state index < -0.39 is 17.6 Å². The molecule has 1 saturated heterocycles. The highest BCUT2D eigenvalue weighted by Gasteiger charge is 2.30. The van der Waals surface area contributed by atoms with Gasteiger partial charge < -0.3 is 9.38 Å². The van der Waals surface area contributed by atoms with Crippen molar-refractivity contribution in [3.63, 3.8) is 0 Å². The molecule has 1 fully saturated rings. The van der Waals surface area contributed by atoms with Crippen molar-refractivity contribution in [3.05, 3.63) is 83.8 Å². The number of pyridine rings is 1. The number of hydrogen-bond acceptors (Lipinski definition) is 4. The Morgan fingerprint density at radius 1 is 0.947 bits per heavy atom. The van der Waals surface area contributed by atoms with E-state index in [0.717, 1.165) is 37.5 Å². The Bertz CT molecular complexity index is 1630. The lowest BCUT2D eigenvalue weighted by Gasteiger charge is -2.26. The Labute approximate surface area is 216 Å². The van der Waals surface area contributed by atoms with Crippen LogP contribution in [0.15, 0.2) is 66.9 Å². The van der Waals surface area contributed by atoms with E-state index in [1.54, 1.807) is 30.5 Å². The average molecular weight is 519 g/mol. The fraction of sp³-hybridized carbons (Fsp3) is 0.250. The lowest BCUT2D eigenvalue weighted by Crippen LogP contribution is -2.29. The molecule has 194 valence electrons. The van der Waals surface area contributed by atoms with Crippen LogP contribution in [0.1, 0.15) is 41.0 Å². The molecule has 0 saturated carbocycles. The van der Waals surface area contributed by atoms with Gasteiger partial charge in [0.2, 0.25) is 5.95 Å². The van der Waals surface area contributed by atoms with Gasteiger partial charge in [0.25, 0.3) is 5.91 Å². The normalized spacial score (nSPS) is 14.8. The maximum atomic E-state index is 13.1. The zero-order valence-corrected chi connectivity index (χ0v) is 20.4. The second-order valence-corrected chi connectivity index (χ2v) is 9.56. The molecule has 7 nitrogen and oxygen atoms in total. The Morgan fingerprint density at radius 2 is 1.74 bits per heavy atom. The predicted molar refractivity (Wildman–Crippen MR) is 139 cm³/mol. The topological polar surface area (TPSA) is 78.3 Å². The van der Waals surface area contributed by atoms with Crippen molar-refractivity contribution in [2.45, 2.75) is 32.0 Å². The van der Waals surface area contributed by atoms with Crippen molar-refractivity contribution in [1.29, 1.82) is 0 Å². The summed E-state index contributed by atoms with van der Waals surface area (Å²) in [5.41, 5.74) is 3.51. The van der Waals surface area contributed by atoms with Gasteiger partial charge in [0, 0.05) is 18.4 Å². The number of aromatic amines is 1. The number of nitrogens with zero attached hydrogens (tertiary/aromatic N) is 4. The fourth-order valence-electron chi connectivity index (χ4n) is 4.94.